The van der Waals surface area contributed by atoms with E-state index in [-0.39, 0.29) is 16.9 Å². The second-order valence-corrected chi connectivity index (χ2v) is 6.37. The predicted octanol–water partition coefficient (Wildman–Crippen LogP) is 4.66. The molecule has 1 aliphatic rings. The van der Waals surface area contributed by atoms with Crippen LogP contribution in [0.15, 0.2) is 12.1 Å². The molecule has 2 rings (SSSR count). The summed E-state index contributed by atoms with van der Waals surface area (Å²) in [5.41, 5.74) is 0.571. The SMILES string of the molecule is CCCCC[C@@H](c1c(Cl)ccc(Cl)c1F)N1CCNCC1. The fourth-order valence-corrected chi connectivity index (χ4v) is 3.38. The highest BCUT2D eigenvalue weighted by atomic mass is 35.5. The summed E-state index contributed by atoms with van der Waals surface area (Å²) in [5, 5.41) is 3.98. The quantitative estimate of drug-likeness (QED) is 0.602. The number of nitrogens with zero attached hydrogens (tertiary/aromatic N) is 1. The maximum Gasteiger partial charge on any atom is 0.148 e. The lowest BCUT2D eigenvalue weighted by atomic mass is 9.97. The third-order valence-corrected chi connectivity index (χ3v) is 4.71. The van der Waals surface area contributed by atoms with Gasteiger partial charge in [-0.3, -0.25) is 4.90 Å². The van der Waals surface area contributed by atoms with E-state index in [0.717, 1.165) is 51.9 Å². The maximum atomic E-state index is 14.5. The molecule has 1 aliphatic heterocycles. The Hall–Kier alpha value is -0.350. The highest BCUT2D eigenvalue weighted by Crippen LogP contribution is 2.36. The molecule has 0 unspecified atom stereocenters. The zero-order valence-corrected chi connectivity index (χ0v) is 14.0. The largest absolute Gasteiger partial charge is 0.314 e. The van der Waals surface area contributed by atoms with Gasteiger partial charge in [0, 0.05) is 42.8 Å². The molecule has 1 saturated heterocycles. The number of hydrogen-bond acceptors (Lipinski definition) is 2. The van der Waals surface area contributed by atoms with Crippen molar-refractivity contribution in [3.8, 4) is 0 Å². The fraction of sp³-hybridized carbons (Fsp3) is 0.625. The molecule has 118 valence electrons. The maximum absolute atomic E-state index is 14.5. The minimum atomic E-state index is -0.357. The average molecular weight is 333 g/mol. The minimum absolute atomic E-state index is 0.0184. The molecule has 1 aromatic rings. The van der Waals surface area contributed by atoms with Gasteiger partial charge in [0.1, 0.15) is 5.82 Å². The summed E-state index contributed by atoms with van der Waals surface area (Å²) in [6, 6.07) is 3.26. The second-order valence-electron chi connectivity index (χ2n) is 5.55. The Kier molecular flexibility index (Phi) is 6.74. The first-order valence-electron chi connectivity index (χ1n) is 7.73. The van der Waals surface area contributed by atoms with Crippen molar-refractivity contribution in [3.05, 3.63) is 33.6 Å². The van der Waals surface area contributed by atoms with Gasteiger partial charge in [-0.25, -0.2) is 4.39 Å². The van der Waals surface area contributed by atoms with Crippen molar-refractivity contribution >= 4 is 23.2 Å². The molecular formula is C16H23Cl2FN2. The Balaban J connectivity index is 2.27. The van der Waals surface area contributed by atoms with Crippen molar-refractivity contribution < 1.29 is 4.39 Å². The van der Waals surface area contributed by atoms with Crippen LogP contribution in [0.1, 0.15) is 44.2 Å². The summed E-state index contributed by atoms with van der Waals surface area (Å²) in [6.45, 7) is 5.87. The van der Waals surface area contributed by atoms with Crippen LogP contribution in [0.5, 0.6) is 0 Å². The van der Waals surface area contributed by atoms with Crippen molar-refractivity contribution in [1.29, 1.82) is 0 Å². The van der Waals surface area contributed by atoms with E-state index in [2.05, 4.69) is 17.1 Å². The van der Waals surface area contributed by atoms with Crippen LogP contribution in [0, 0.1) is 5.82 Å². The summed E-state index contributed by atoms with van der Waals surface area (Å²) >= 11 is 12.3. The Bertz CT molecular complexity index is 462. The zero-order chi connectivity index (χ0) is 15.2. The van der Waals surface area contributed by atoms with Crippen LogP contribution in [0.25, 0.3) is 0 Å². The lowest BCUT2D eigenvalue weighted by molar-refractivity contribution is 0.159. The van der Waals surface area contributed by atoms with Crippen LogP contribution >= 0.6 is 23.2 Å². The van der Waals surface area contributed by atoms with Crippen molar-refractivity contribution in [2.24, 2.45) is 0 Å². The first-order valence-corrected chi connectivity index (χ1v) is 8.49. The molecule has 0 bridgehead atoms. The Morgan fingerprint density at radius 2 is 1.86 bits per heavy atom. The summed E-state index contributed by atoms with van der Waals surface area (Å²) < 4.78 is 14.5. The first-order chi connectivity index (χ1) is 10.1. The van der Waals surface area contributed by atoms with Gasteiger partial charge in [0.2, 0.25) is 0 Å². The molecule has 1 aromatic carbocycles. The van der Waals surface area contributed by atoms with Gasteiger partial charge in [-0.2, -0.15) is 0 Å². The van der Waals surface area contributed by atoms with Gasteiger partial charge in [-0.15, -0.1) is 0 Å². The van der Waals surface area contributed by atoms with Gasteiger partial charge < -0.3 is 5.32 Å². The molecule has 1 heterocycles. The third-order valence-electron chi connectivity index (χ3n) is 4.09. The Morgan fingerprint density at radius 1 is 1.19 bits per heavy atom. The standard InChI is InChI=1S/C16H23Cl2FN2/c1-2-3-4-5-14(21-10-8-20-9-11-21)15-12(17)6-7-13(18)16(15)19/h6-7,14,20H,2-5,8-11H2,1H3/t14-/m0/s1. The summed E-state index contributed by atoms with van der Waals surface area (Å²) in [4.78, 5) is 2.33. The number of halogens is 3. The molecule has 1 N–H and O–H groups in total. The zero-order valence-electron chi connectivity index (χ0n) is 12.5. The number of nitrogens with one attached hydrogen (secondary N) is 1. The van der Waals surface area contributed by atoms with Gasteiger partial charge in [-0.1, -0.05) is 49.4 Å². The monoisotopic (exact) mass is 332 g/mol. The molecule has 0 amide bonds. The third kappa shape index (κ3) is 4.32. The topological polar surface area (TPSA) is 15.3 Å². The average Bonchev–Trinajstić information content (AvgIpc) is 2.51. The van der Waals surface area contributed by atoms with Crippen molar-refractivity contribution in [3.63, 3.8) is 0 Å². The minimum Gasteiger partial charge on any atom is -0.314 e. The fourth-order valence-electron chi connectivity index (χ4n) is 2.94. The normalized spacial score (nSPS) is 17.9. The Labute approximate surface area is 136 Å². The molecule has 1 atom stereocenters. The lowest BCUT2D eigenvalue weighted by Gasteiger charge is -2.36. The van der Waals surface area contributed by atoms with Gasteiger partial charge in [0.25, 0.3) is 0 Å². The molecular weight excluding hydrogens is 310 g/mol. The van der Waals surface area contributed by atoms with Crippen LogP contribution in [0.2, 0.25) is 10.0 Å². The van der Waals surface area contributed by atoms with E-state index in [1.807, 2.05) is 0 Å². The molecule has 5 heteroatoms. The smallest absolute Gasteiger partial charge is 0.148 e. The molecule has 21 heavy (non-hydrogen) atoms. The van der Waals surface area contributed by atoms with Crippen LogP contribution in [0.4, 0.5) is 4.39 Å². The van der Waals surface area contributed by atoms with E-state index in [1.54, 1.807) is 6.07 Å². The summed E-state index contributed by atoms with van der Waals surface area (Å²) in [5.74, 6) is -0.357. The van der Waals surface area contributed by atoms with Crippen LogP contribution < -0.4 is 5.32 Å². The molecule has 0 saturated carbocycles. The highest BCUT2D eigenvalue weighted by molar-refractivity contribution is 6.33. The van der Waals surface area contributed by atoms with Crippen molar-refractivity contribution in [2.45, 2.75) is 38.6 Å². The molecule has 0 radical (unpaired) electrons. The van der Waals surface area contributed by atoms with Gasteiger partial charge in [0.05, 0.1) is 5.02 Å². The molecule has 1 fully saturated rings. The molecule has 0 aromatic heterocycles. The number of hydrogen-bond donors (Lipinski definition) is 1. The van der Waals surface area contributed by atoms with Crippen molar-refractivity contribution in [1.82, 2.24) is 10.2 Å². The molecule has 0 spiro atoms. The van der Waals surface area contributed by atoms with Crippen LogP contribution in [-0.4, -0.2) is 31.1 Å². The number of unbranched alkanes of at least 4 members (excludes halogenated alkanes) is 2. The van der Waals surface area contributed by atoms with Crippen LogP contribution in [0.3, 0.4) is 0 Å². The van der Waals surface area contributed by atoms with Gasteiger partial charge in [-0.05, 0) is 18.6 Å². The summed E-state index contributed by atoms with van der Waals surface area (Å²) in [7, 11) is 0. The number of rotatable bonds is 6. The molecule has 0 aliphatic carbocycles. The predicted molar refractivity (Wildman–Crippen MR) is 87.7 cm³/mol. The molecule has 2 nitrogen and oxygen atoms in total. The number of piperazine rings is 1. The van der Waals surface area contributed by atoms with E-state index in [9.17, 15) is 4.39 Å². The van der Waals surface area contributed by atoms with Crippen LogP contribution in [-0.2, 0) is 0 Å². The van der Waals surface area contributed by atoms with Crippen molar-refractivity contribution in [2.75, 3.05) is 26.2 Å². The Morgan fingerprint density at radius 3 is 2.52 bits per heavy atom. The second kappa shape index (κ2) is 8.33. The van der Waals surface area contributed by atoms with E-state index in [1.165, 1.54) is 6.07 Å². The van der Waals surface area contributed by atoms with E-state index >= 15 is 0 Å². The first kappa shape index (κ1) is 17.0. The van der Waals surface area contributed by atoms with E-state index in [0.29, 0.717) is 10.6 Å². The highest BCUT2D eigenvalue weighted by Gasteiger charge is 2.27. The van der Waals surface area contributed by atoms with Gasteiger partial charge >= 0.3 is 0 Å². The lowest BCUT2D eigenvalue weighted by Crippen LogP contribution is -2.45. The number of benzene rings is 1. The van der Waals surface area contributed by atoms with E-state index < -0.39 is 0 Å². The van der Waals surface area contributed by atoms with E-state index in [4.69, 9.17) is 23.2 Å². The van der Waals surface area contributed by atoms with Gasteiger partial charge in [0.15, 0.2) is 0 Å². The summed E-state index contributed by atoms with van der Waals surface area (Å²) in [6.07, 6.45) is 4.31.